The van der Waals surface area contributed by atoms with Gasteiger partial charge in [-0.1, -0.05) is 44.9 Å². The van der Waals surface area contributed by atoms with Crippen LogP contribution >= 0.6 is 7.75 Å². The molecule has 0 radical (unpaired) electrons. The Kier molecular flexibility index (Phi) is 11.8. The minimum atomic E-state index is -4.43. The fourth-order valence-corrected chi connectivity index (χ4v) is 6.70. The number of hydrogen-bond acceptors (Lipinski definition) is 14. The van der Waals surface area contributed by atoms with Crippen molar-refractivity contribution in [3.8, 4) is 11.8 Å². The third-order valence-electron chi connectivity index (χ3n) is 7.73. The van der Waals surface area contributed by atoms with Gasteiger partial charge in [-0.25, -0.2) is 14.1 Å². The van der Waals surface area contributed by atoms with Gasteiger partial charge in [-0.2, -0.15) is 15.4 Å². The number of anilines is 1. The molecule has 1 saturated heterocycles. The van der Waals surface area contributed by atoms with Crippen molar-refractivity contribution < 1.29 is 46.9 Å². The molecule has 6 atom stereocenters. The molecule has 48 heavy (non-hydrogen) atoms. The summed E-state index contributed by atoms with van der Waals surface area (Å²) in [5.41, 5.74) is 4.28. The van der Waals surface area contributed by atoms with Gasteiger partial charge in [0.05, 0.1) is 18.9 Å². The third-order valence-corrected chi connectivity index (χ3v) is 9.37. The molecule has 0 aliphatic carbocycles. The van der Waals surface area contributed by atoms with Crippen molar-refractivity contribution in [1.82, 2.24) is 19.7 Å². The molecule has 4 rings (SSSR count). The molecule has 0 bridgehead atoms. The highest BCUT2D eigenvalue weighted by Crippen LogP contribution is 2.48. The van der Waals surface area contributed by atoms with Crippen molar-refractivity contribution in [3.63, 3.8) is 0 Å². The van der Waals surface area contributed by atoms with Crippen LogP contribution in [0.15, 0.2) is 48.8 Å². The number of para-hydroxylation sites is 1. The number of aromatic nitrogens is 3. The zero-order valence-corrected chi connectivity index (χ0v) is 28.1. The molecule has 3 aromatic rings. The standard InChI is InChI=1S/C31H39N6O10P/c1-6-22(7-2)15-42-30(40)19(3)36-48(41,47-23-11-9-8-10-12-23)43-16-25-27(44-20(4)38)28(45-21(5)39)31(17-32,46-25)26-14-13-24-29(33)34-18-35-37(24)26/h8-14,18-19,22,25,27-28H,6-7,15-16H2,1-5H3,(H,36,41)(H2,33,34,35)/t19-,25+,27+,28+,31-,48?/m0/s1. The van der Waals surface area contributed by atoms with Crippen LogP contribution in [0.2, 0.25) is 0 Å². The maximum Gasteiger partial charge on any atom is 0.459 e. The summed E-state index contributed by atoms with van der Waals surface area (Å²) in [7, 11) is -4.43. The fourth-order valence-electron chi connectivity index (χ4n) is 5.19. The van der Waals surface area contributed by atoms with Crippen LogP contribution in [0.1, 0.15) is 53.2 Å². The van der Waals surface area contributed by atoms with Crippen LogP contribution in [0.5, 0.6) is 5.75 Å². The first-order valence-corrected chi connectivity index (χ1v) is 16.9. The van der Waals surface area contributed by atoms with Gasteiger partial charge in [0.2, 0.25) is 5.60 Å². The summed E-state index contributed by atoms with van der Waals surface area (Å²) in [6.45, 7) is 7.20. The van der Waals surface area contributed by atoms with E-state index < -0.39 is 62.2 Å². The Hall–Kier alpha value is -4.55. The Morgan fingerprint density at radius 1 is 1.12 bits per heavy atom. The number of hydrogen-bond donors (Lipinski definition) is 2. The van der Waals surface area contributed by atoms with Gasteiger partial charge >= 0.3 is 25.7 Å². The lowest BCUT2D eigenvalue weighted by Crippen LogP contribution is -2.45. The number of benzene rings is 1. The average Bonchev–Trinajstić information content (AvgIpc) is 3.61. The fraction of sp³-hybridized carbons (Fsp3) is 0.484. The molecule has 3 heterocycles. The van der Waals surface area contributed by atoms with Crippen molar-refractivity contribution in [1.29, 1.82) is 5.26 Å². The van der Waals surface area contributed by atoms with E-state index in [1.807, 2.05) is 13.8 Å². The molecular weight excluding hydrogens is 647 g/mol. The molecular formula is C31H39N6O10P. The summed E-state index contributed by atoms with van der Waals surface area (Å²) in [6, 6.07) is 12.0. The second-order valence-corrected chi connectivity index (χ2v) is 12.8. The highest BCUT2D eigenvalue weighted by Gasteiger charge is 2.62. The largest absolute Gasteiger partial charge is 0.464 e. The quantitative estimate of drug-likeness (QED) is 0.133. The topological polar surface area (TPSA) is 216 Å². The summed E-state index contributed by atoms with van der Waals surface area (Å²) >= 11 is 0. The van der Waals surface area contributed by atoms with Gasteiger partial charge in [0, 0.05) is 13.8 Å². The van der Waals surface area contributed by atoms with E-state index in [9.17, 15) is 24.2 Å². The van der Waals surface area contributed by atoms with Crippen molar-refractivity contribution in [2.45, 2.75) is 77.4 Å². The number of nitrogens with two attached hydrogens (primary N) is 1. The van der Waals surface area contributed by atoms with Crippen molar-refractivity contribution in [2.75, 3.05) is 18.9 Å². The van der Waals surface area contributed by atoms with E-state index in [4.69, 9.17) is 33.7 Å². The number of fused-ring (bicyclic) bond motifs is 1. The lowest BCUT2D eigenvalue weighted by atomic mass is 9.92. The molecule has 17 heteroatoms. The molecule has 2 aromatic heterocycles. The predicted octanol–water partition coefficient (Wildman–Crippen LogP) is 3.45. The Labute approximate surface area is 277 Å². The molecule has 1 unspecified atom stereocenters. The lowest BCUT2D eigenvalue weighted by Gasteiger charge is -2.28. The van der Waals surface area contributed by atoms with Gasteiger partial charge in [-0.15, -0.1) is 0 Å². The van der Waals surface area contributed by atoms with E-state index in [-0.39, 0.29) is 29.8 Å². The molecule has 0 amide bonds. The zero-order valence-electron chi connectivity index (χ0n) is 27.2. The number of nitrogen functional groups attached to an aromatic ring is 1. The number of nitrogens with one attached hydrogen (secondary N) is 1. The van der Waals surface area contributed by atoms with E-state index in [1.54, 1.807) is 18.2 Å². The van der Waals surface area contributed by atoms with Crippen molar-refractivity contribution in [3.05, 3.63) is 54.5 Å². The number of carbonyl (C=O) groups is 3. The van der Waals surface area contributed by atoms with Crippen LogP contribution in [-0.4, -0.2) is 70.1 Å². The zero-order chi connectivity index (χ0) is 35.1. The molecule has 1 fully saturated rings. The van der Waals surface area contributed by atoms with Crippen LogP contribution in [0.25, 0.3) is 5.52 Å². The molecule has 1 aromatic carbocycles. The number of nitriles is 1. The SMILES string of the molecule is CCC(CC)COC(=O)[C@H](C)NP(=O)(OC[C@H]1O[C@@](C#N)(c2ccc3c(N)ncnn23)[C@H](OC(C)=O)[C@@H]1OC(C)=O)Oc1ccccc1. The molecule has 0 spiro atoms. The van der Waals surface area contributed by atoms with Crippen molar-refractivity contribution >= 4 is 37.0 Å². The summed E-state index contributed by atoms with van der Waals surface area (Å²) in [4.78, 5) is 41.5. The Morgan fingerprint density at radius 2 is 1.81 bits per heavy atom. The minimum Gasteiger partial charge on any atom is -0.464 e. The molecule has 16 nitrogen and oxygen atoms in total. The summed E-state index contributed by atoms with van der Waals surface area (Å²) in [5.74, 6) is -1.87. The first-order chi connectivity index (χ1) is 22.9. The van der Waals surface area contributed by atoms with E-state index in [0.717, 1.165) is 33.0 Å². The third kappa shape index (κ3) is 8.11. The van der Waals surface area contributed by atoms with E-state index in [1.165, 1.54) is 35.7 Å². The maximum absolute atomic E-state index is 14.3. The Morgan fingerprint density at radius 3 is 2.44 bits per heavy atom. The Bertz CT molecular complexity index is 1690. The second kappa shape index (κ2) is 15.6. The molecule has 0 saturated carbocycles. The van der Waals surface area contributed by atoms with Crippen LogP contribution < -0.4 is 15.3 Å². The van der Waals surface area contributed by atoms with E-state index in [2.05, 4.69) is 21.2 Å². The first-order valence-electron chi connectivity index (χ1n) is 15.3. The van der Waals surface area contributed by atoms with E-state index in [0.29, 0.717) is 5.52 Å². The highest BCUT2D eigenvalue weighted by molar-refractivity contribution is 7.52. The van der Waals surface area contributed by atoms with Crippen LogP contribution in [0, 0.1) is 17.2 Å². The highest BCUT2D eigenvalue weighted by atomic mass is 31.2. The van der Waals surface area contributed by atoms with Gasteiger partial charge < -0.3 is 29.2 Å². The van der Waals surface area contributed by atoms with E-state index >= 15 is 0 Å². The van der Waals surface area contributed by atoms with Gasteiger partial charge in [-0.3, -0.25) is 18.9 Å². The number of ether oxygens (including phenoxy) is 4. The van der Waals surface area contributed by atoms with Gasteiger partial charge in [0.1, 0.15) is 35.8 Å². The predicted molar refractivity (Wildman–Crippen MR) is 169 cm³/mol. The smallest absolute Gasteiger partial charge is 0.459 e. The van der Waals surface area contributed by atoms with Crippen LogP contribution in [-0.2, 0) is 48.0 Å². The molecule has 3 N–H and O–H groups in total. The summed E-state index contributed by atoms with van der Waals surface area (Å²) in [6.07, 6.45) is -1.57. The number of rotatable bonds is 15. The van der Waals surface area contributed by atoms with Gasteiger partial charge in [0.25, 0.3) is 0 Å². The summed E-state index contributed by atoms with van der Waals surface area (Å²) in [5, 5.41) is 17.4. The van der Waals surface area contributed by atoms with Crippen LogP contribution in [0.4, 0.5) is 5.82 Å². The molecule has 258 valence electrons. The number of esters is 3. The minimum absolute atomic E-state index is 0.0793. The Balaban J connectivity index is 1.68. The monoisotopic (exact) mass is 686 g/mol. The number of nitrogens with zero attached hydrogens (tertiary/aromatic N) is 4. The number of carbonyl (C=O) groups excluding carboxylic acids is 3. The first kappa shape index (κ1) is 36.3. The molecule has 1 aliphatic rings. The van der Waals surface area contributed by atoms with Gasteiger partial charge in [0.15, 0.2) is 18.0 Å². The lowest BCUT2D eigenvalue weighted by molar-refractivity contribution is -0.166. The second-order valence-electron chi connectivity index (χ2n) is 11.1. The van der Waals surface area contributed by atoms with Gasteiger partial charge in [-0.05, 0) is 37.1 Å². The molecule has 1 aliphatic heterocycles. The van der Waals surface area contributed by atoms with Crippen LogP contribution in [0.3, 0.4) is 0 Å². The normalized spacial score (nSPS) is 22.4. The van der Waals surface area contributed by atoms with Crippen molar-refractivity contribution in [2.24, 2.45) is 5.92 Å². The summed E-state index contributed by atoms with van der Waals surface area (Å²) < 4.78 is 49.9. The average molecular weight is 687 g/mol. The maximum atomic E-state index is 14.3.